The van der Waals surface area contributed by atoms with Crippen molar-refractivity contribution in [1.29, 1.82) is 0 Å². The third-order valence-electron chi connectivity index (χ3n) is 5.12. The maximum Gasteiger partial charge on any atom is 0.231 e. The van der Waals surface area contributed by atoms with E-state index in [4.69, 9.17) is 0 Å². The zero-order chi connectivity index (χ0) is 17.3. The Labute approximate surface area is 143 Å². The standard InChI is InChI=1S/C16H26N4O3S/c1-19-14-9-10-20(15(21)8-7-12-5-3-4-6-12)11-13(14)16(17-19)18-24(2,22)23/h12H,3-11H2,1-2H3,(H,17,18). The summed E-state index contributed by atoms with van der Waals surface area (Å²) in [6.07, 6.45) is 8.48. The van der Waals surface area contributed by atoms with Gasteiger partial charge in [0.1, 0.15) is 0 Å². The summed E-state index contributed by atoms with van der Waals surface area (Å²) in [6.45, 7) is 1.11. The fraction of sp³-hybridized carbons (Fsp3) is 0.750. The van der Waals surface area contributed by atoms with Crippen LogP contribution in [0.3, 0.4) is 0 Å². The third-order valence-corrected chi connectivity index (χ3v) is 5.68. The molecule has 1 aliphatic carbocycles. The van der Waals surface area contributed by atoms with Gasteiger partial charge < -0.3 is 4.90 Å². The molecule has 2 heterocycles. The summed E-state index contributed by atoms with van der Waals surface area (Å²) in [6, 6.07) is 0. The average Bonchev–Trinajstić information content (AvgIpc) is 3.12. The Hall–Kier alpha value is -1.57. The number of sulfonamides is 1. The predicted molar refractivity (Wildman–Crippen MR) is 92.0 cm³/mol. The molecule has 0 bridgehead atoms. The lowest BCUT2D eigenvalue weighted by atomic mass is 10.0. The molecule has 3 rings (SSSR count). The quantitative estimate of drug-likeness (QED) is 0.871. The third kappa shape index (κ3) is 3.91. The second-order valence-electron chi connectivity index (χ2n) is 7.03. The van der Waals surface area contributed by atoms with Crippen molar-refractivity contribution >= 4 is 21.7 Å². The number of aryl methyl sites for hydroxylation is 1. The molecule has 1 N–H and O–H groups in total. The SMILES string of the molecule is Cn1nc(NS(C)(=O)=O)c2c1CCN(C(=O)CCC1CCCC1)C2. The highest BCUT2D eigenvalue weighted by molar-refractivity contribution is 7.92. The molecule has 7 nitrogen and oxygen atoms in total. The Morgan fingerprint density at radius 1 is 1.33 bits per heavy atom. The monoisotopic (exact) mass is 354 g/mol. The van der Waals surface area contributed by atoms with Crippen LogP contribution in [0.5, 0.6) is 0 Å². The van der Waals surface area contributed by atoms with Crippen molar-refractivity contribution in [3.63, 3.8) is 0 Å². The highest BCUT2D eigenvalue weighted by atomic mass is 32.2. The van der Waals surface area contributed by atoms with Gasteiger partial charge >= 0.3 is 0 Å². The number of anilines is 1. The van der Waals surface area contributed by atoms with Gasteiger partial charge in [0.15, 0.2) is 5.82 Å². The fourth-order valence-electron chi connectivity index (χ4n) is 3.85. The predicted octanol–water partition coefficient (Wildman–Crippen LogP) is 1.65. The van der Waals surface area contributed by atoms with Crippen LogP contribution < -0.4 is 4.72 Å². The first-order chi connectivity index (χ1) is 11.3. The van der Waals surface area contributed by atoms with E-state index in [9.17, 15) is 13.2 Å². The van der Waals surface area contributed by atoms with E-state index in [1.807, 2.05) is 11.9 Å². The van der Waals surface area contributed by atoms with Crippen molar-refractivity contribution < 1.29 is 13.2 Å². The van der Waals surface area contributed by atoms with E-state index < -0.39 is 10.0 Å². The van der Waals surface area contributed by atoms with Gasteiger partial charge in [0.05, 0.1) is 12.8 Å². The van der Waals surface area contributed by atoms with Crippen molar-refractivity contribution in [3.8, 4) is 0 Å². The molecule has 1 amide bonds. The van der Waals surface area contributed by atoms with Gasteiger partial charge in [-0.3, -0.25) is 14.2 Å². The van der Waals surface area contributed by atoms with Gasteiger partial charge in [0, 0.05) is 37.7 Å². The van der Waals surface area contributed by atoms with Crippen molar-refractivity contribution in [2.24, 2.45) is 13.0 Å². The number of nitrogens with one attached hydrogen (secondary N) is 1. The van der Waals surface area contributed by atoms with Crippen LogP contribution >= 0.6 is 0 Å². The van der Waals surface area contributed by atoms with Crippen LogP contribution in [-0.4, -0.2) is 41.8 Å². The van der Waals surface area contributed by atoms with Crippen molar-refractivity contribution in [2.75, 3.05) is 17.5 Å². The van der Waals surface area contributed by atoms with Crippen LogP contribution in [0.25, 0.3) is 0 Å². The Morgan fingerprint density at radius 3 is 2.71 bits per heavy atom. The Bertz CT molecular complexity index is 720. The molecule has 0 aromatic carbocycles. The second kappa shape index (κ2) is 6.74. The second-order valence-corrected chi connectivity index (χ2v) is 8.77. The molecule has 1 aromatic rings. The fourth-order valence-corrected chi connectivity index (χ4v) is 4.36. The minimum Gasteiger partial charge on any atom is -0.338 e. The zero-order valence-electron chi connectivity index (χ0n) is 14.4. The molecule has 0 unspecified atom stereocenters. The lowest BCUT2D eigenvalue weighted by Crippen LogP contribution is -2.36. The number of amides is 1. The number of carbonyl (C=O) groups excluding carboxylic acids is 1. The minimum atomic E-state index is -3.39. The Kier molecular flexibility index (Phi) is 4.85. The average molecular weight is 354 g/mol. The summed E-state index contributed by atoms with van der Waals surface area (Å²) < 4.78 is 27.2. The largest absolute Gasteiger partial charge is 0.338 e. The number of fused-ring (bicyclic) bond motifs is 1. The first-order valence-electron chi connectivity index (χ1n) is 8.64. The van der Waals surface area contributed by atoms with Crippen LogP contribution in [0.4, 0.5) is 5.82 Å². The normalized spacial score (nSPS) is 18.7. The maximum atomic E-state index is 12.5. The van der Waals surface area contributed by atoms with Crippen molar-refractivity contribution in [2.45, 2.75) is 51.5 Å². The first kappa shape index (κ1) is 17.3. The summed E-state index contributed by atoms with van der Waals surface area (Å²) in [4.78, 5) is 14.4. The first-order valence-corrected chi connectivity index (χ1v) is 10.5. The van der Waals surface area contributed by atoms with Gasteiger partial charge in [-0.05, 0) is 12.3 Å². The molecular weight excluding hydrogens is 328 g/mol. The van der Waals surface area contributed by atoms with Crippen LogP contribution in [-0.2, 0) is 34.8 Å². The van der Waals surface area contributed by atoms with E-state index in [2.05, 4.69) is 9.82 Å². The molecule has 134 valence electrons. The number of rotatable bonds is 5. The van der Waals surface area contributed by atoms with Crippen LogP contribution in [0.15, 0.2) is 0 Å². The van der Waals surface area contributed by atoms with E-state index in [0.717, 1.165) is 23.9 Å². The molecule has 0 radical (unpaired) electrons. The van der Waals surface area contributed by atoms with Crippen molar-refractivity contribution in [3.05, 3.63) is 11.3 Å². The van der Waals surface area contributed by atoms with Gasteiger partial charge in [-0.2, -0.15) is 5.10 Å². The van der Waals surface area contributed by atoms with Gasteiger partial charge in [-0.15, -0.1) is 0 Å². The highest BCUT2D eigenvalue weighted by Gasteiger charge is 2.28. The summed E-state index contributed by atoms with van der Waals surface area (Å²) in [5.74, 6) is 1.22. The molecular formula is C16H26N4O3S. The number of carbonyl (C=O) groups is 1. The Morgan fingerprint density at radius 2 is 2.04 bits per heavy atom. The molecule has 2 aliphatic rings. The van der Waals surface area contributed by atoms with E-state index in [0.29, 0.717) is 37.7 Å². The zero-order valence-corrected chi connectivity index (χ0v) is 15.2. The van der Waals surface area contributed by atoms with Crippen molar-refractivity contribution in [1.82, 2.24) is 14.7 Å². The summed E-state index contributed by atoms with van der Waals surface area (Å²) >= 11 is 0. The molecule has 1 aliphatic heterocycles. The van der Waals surface area contributed by atoms with E-state index in [1.54, 1.807) is 4.68 Å². The number of nitrogens with zero attached hydrogens (tertiary/aromatic N) is 3. The molecule has 0 spiro atoms. The van der Waals surface area contributed by atoms with Gasteiger partial charge in [-0.1, -0.05) is 25.7 Å². The molecule has 0 atom stereocenters. The van der Waals surface area contributed by atoms with Crippen LogP contribution in [0, 0.1) is 5.92 Å². The van der Waals surface area contributed by atoms with E-state index in [1.165, 1.54) is 25.7 Å². The lowest BCUT2D eigenvalue weighted by molar-refractivity contribution is -0.132. The van der Waals surface area contributed by atoms with Gasteiger partial charge in [0.2, 0.25) is 15.9 Å². The number of hydrogen-bond donors (Lipinski definition) is 1. The van der Waals surface area contributed by atoms with Crippen LogP contribution in [0.2, 0.25) is 0 Å². The lowest BCUT2D eigenvalue weighted by Gasteiger charge is -2.28. The molecule has 1 aromatic heterocycles. The molecule has 8 heteroatoms. The van der Waals surface area contributed by atoms with E-state index in [-0.39, 0.29) is 5.91 Å². The van der Waals surface area contributed by atoms with Gasteiger partial charge in [-0.25, -0.2) is 8.42 Å². The van der Waals surface area contributed by atoms with Gasteiger partial charge in [0.25, 0.3) is 0 Å². The Balaban J connectivity index is 1.67. The molecule has 1 saturated carbocycles. The summed E-state index contributed by atoms with van der Waals surface area (Å²) in [5, 5.41) is 4.27. The molecule has 24 heavy (non-hydrogen) atoms. The molecule has 1 fully saturated rings. The number of hydrogen-bond acceptors (Lipinski definition) is 4. The maximum absolute atomic E-state index is 12.5. The summed E-state index contributed by atoms with van der Waals surface area (Å²) in [7, 11) is -1.58. The van der Waals surface area contributed by atoms with E-state index >= 15 is 0 Å². The molecule has 0 saturated heterocycles. The topological polar surface area (TPSA) is 84.3 Å². The smallest absolute Gasteiger partial charge is 0.231 e. The minimum absolute atomic E-state index is 0.168. The van der Waals surface area contributed by atoms with Crippen LogP contribution in [0.1, 0.15) is 49.8 Å². The number of aromatic nitrogens is 2. The summed E-state index contributed by atoms with van der Waals surface area (Å²) in [5.41, 5.74) is 1.82. The highest BCUT2D eigenvalue weighted by Crippen LogP contribution is 2.30.